The number of carboxylic acids is 1. The van der Waals surface area contributed by atoms with Gasteiger partial charge in [-0.05, 0) is 54.8 Å². The first-order chi connectivity index (χ1) is 17.4. The number of fused-ring (bicyclic) bond motifs is 1. The maximum Gasteiger partial charge on any atom is 0.328 e. The number of nitrogens with one attached hydrogen (secondary N) is 1. The van der Waals surface area contributed by atoms with Crippen molar-refractivity contribution >= 4 is 57.9 Å². The summed E-state index contributed by atoms with van der Waals surface area (Å²) in [5, 5.41) is 10.7. The first-order valence-electron chi connectivity index (χ1n) is 11.6. The standard InChI is InChI=1S/C27H24Cl2N4O3/c28-20-4-2-5-21(29)24(20)19-14-31-26(32-11-9-16(13-30)15-32)25(19)27(36)33-12-10-18-17(7-8-23(34)35)3-1-6-22(18)33/h1-8,10,12,14,16,31H,9,11,13,15,30H2,(H,34,35)/b8-7+/t16-/m1/s1. The van der Waals surface area contributed by atoms with Crippen molar-refractivity contribution in [1.82, 2.24) is 9.55 Å². The highest BCUT2D eigenvalue weighted by Gasteiger charge is 2.31. The van der Waals surface area contributed by atoms with E-state index in [9.17, 15) is 9.59 Å². The van der Waals surface area contributed by atoms with E-state index >= 15 is 0 Å². The number of carboxylic acid groups (broad SMARTS) is 1. The third kappa shape index (κ3) is 4.30. The molecule has 5 rings (SSSR count). The van der Waals surface area contributed by atoms with Crippen LogP contribution in [0.15, 0.2) is 60.9 Å². The molecule has 2 aromatic heterocycles. The molecule has 3 heterocycles. The Morgan fingerprint density at radius 2 is 1.89 bits per heavy atom. The van der Waals surface area contributed by atoms with Crippen LogP contribution in [0.3, 0.4) is 0 Å². The molecule has 0 aliphatic carbocycles. The van der Waals surface area contributed by atoms with Crippen molar-refractivity contribution in [2.75, 3.05) is 24.5 Å². The van der Waals surface area contributed by atoms with E-state index < -0.39 is 5.97 Å². The lowest BCUT2D eigenvalue weighted by Gasteiger charge is -2.20. The molecule has 184 valence electrons. The molecule has 7 nitrogen and oxygen atoms in total. The van der Waals surface area contributed by atoms with Gasteiger partial charge in [-0.15, -0.1) is 0 Å². The van der Waals surface area contributed by atoms with Crippen LogP contribution in [0.25, 0.3) is 28.1 Å². The van der Waals surface area contributed by atoms with Crippen molar-refractivity contribution in [3.63, 3.8) is 0 Å². The van der Waals surface area contributed by atoms with Crippen LogP contribution in [0, 0.1) is 5.92 Å². The quantitative estimate of drug-likeness (QED) is 0.289. The summed E-state index contributed by atoms with van der Waals surface area (Å²) >= 11 is 13.1. The Labute approximate surface area is 217 Å². The smallest absolute Gasteiger partial charge is 0.328 e. The molecule has 36 heavy (non-hydrogen) atoms. The van der Waals surface area contributed by atoms with Gasteiger partial charge in [-0.1, -0.05) is 41.4 Å². The predicted molar refractivity (Wildman–Crippen MR) is 144 cm³/mol. The minimum Gasteiger partial charge on any atom is -0.478 e. The van der Waals surface area contributed by atoms with Crippen LogP contribution in [0.4, 0.5) is 5.82 Å². The lowest BCUT2D eigenvalue weighted by atomic mass is 10.0. The summed E-state index contributed by atoms with van der Waals surface area (Å²) in [6.07, 6.45) is 7.02. The number of nitrogens with zero attached hydrogens (tertiary/aromatic N) is 2. The monoisotopic (exact) mass is 522 g/mol. The summed E-state index contributed by atoms with van der Waals surface area (Å²) in [6, 6.07) is 12.5. The zero-order chi connectivity index (χ0) is 25.4. The van der Waals surface area contributed by atoms with Crippen LogP contribution < -0.4 is 10.6 Å². The Morgan fingerprint density at radius 1 is 1.14 bits per heavy atom. The van der Waals surface area contributed by atoms with Crippen molar-refractivity contribution < 1.29 is 14.7 Å². The van der Waals surface area contributed by atoms with Gasteiger partial charge in [-0.2, -0.15) is 0 Å². The largest absolute Gasteiger partial charge is 0.478 e. The molecule has 1 aliphatic heterocycles. The van der Waals surface area contributed by atoms with Gasteiger partial charge in [0.25, 0.3) is 5.91 Å². The highest BCUT2D eigenvalue weighted by atomic mass is 35.5. The van der Waals surface area contributed by atoms with Crippen molar-refractivity contribution in [1.29, 1.82) is 0 Å². The molecule has 1 atom stereocenters. The third-order valence-electron chi connectivity index (χ3n) is 6.63. The van der Waals surface area contributed by atoms with Gasteiger partial charge >= 0.3 is 5.97 Å². The Bertz CT molecular complexity index is 1480. The summed E-state index contributed by atoms with van der Waals surface area (Å²) in [5.41, 5.74) is 8.95. The van der Waals surface area contributed by atoms with E-state index in [2.05, 4.69) is 9.88 Å². The van der Waals surface area contributed by atoms with Crippen molar-refractivity contribution in [3.8, 4) is 11.1 Å². The molecule has 4 N–H and O–H groups in total. The summed E-state index contributed by atoms with van der Waals surface area (Å²) in [5.74, 6) is -0.241. The predicted octanol–water partition coefficient (Wildman–Crippen LogP) is 5.51. The second-order valence-corrected chi connectivity index (χ2v) is 9.62. The van der Waals surface area contributed by atoms with Gasteiger partial charge in [0, 0.05) is 58.1 Å². The molecule has 0 unspecified atom stereocenters. The normalized spacial score (nSPS) is 15.9. The lowest BCUT2D eigenvalue weighted by molar-refractivity contribution is -0.131. The Morgan fingerprint density at radius 3 is 2.58 bits per heavy atom. The molecule has 0 saturated carbocycles. The number of H-pyrrole nitrogens is 1. The Balaban J connectivity index is 1.67. The number of aromatic nitrogens is 2. The number of hydrogen-bond acceptors (Lipinski definition) is 4. The van der Waals surface area contributed by atoms with Crippen molar-refractivity contribution in [3.05, 3.63) is 82.1 Å². The highest BCUT2D eigenvalue weighted by molar-refractivity contribution is 6.39. The summed E-state index contributed by atoms with van der Waals surface area (Å²) in [6.45, 7) is 2.09. The van der Waals surface area contributed by atoms with Gasteiger partial charge in [0.1, 0.15) is 5.82 Å². The van der Waals surface area contributed by atoms with E-state index in [-0.39, 0.29) is 5.91 Å². The van der Waals surface area contributed by atoms with Crippen molar-refractivity contribution in [2.24, 2.45) is 11.7 Å². The van der Waals surface area contributed by atoms with Gasteiger partial charge in [-0.25, -0.2) is 4.79 Å². The minimum atomic E-state index is -1.04. The summed E-state index contributed by atoms with van der Waals surface area (Å²) in [4.78, 5) is 30.7. The summed E-state index contributed by atoms with van der Waals surface area (Å²) < 4.78 is 1.57. The van der Waals surface area contributed by atoms with E-state index in [1.807, 2.05) is 18.2 Å². The number of benzene rings is 2. The zero-order valence-corrected chi connectivity index (χ0v) is 20.8. The molecule has 0 bridgehead atoms. The van der Waals surface area contributed by atoms with E-state index in [1.54, 1.807) is 41.2 Å². The van der Waals surface area contributed by atoms with E-state index in [0.717, 1.165) is 31.0 Å². The molecule has 1 fully saturated rings. The number of rotatable bonds is 6. The van der Waals surface area contributed by atoms with Crippen LogP contribution in [-0.4, -0.2) is 46.2 Å². The highest BCUT2D eigenvalue weighted by Crippen LogP contribution is 2.41. The molecule has 4 aromatic rings. The number of aliphatic carboxylic acids is 1. The summed E-state index contributed by atoms with van der Waals surface area (Å²) in [7, 11) is 0. The maximum absolute atomic E-state index is 14.2. The number of carbonyl (C=O) groups is 2. The average Bonchev–Trinajstić information content (AvgIpc) is 3.60. The van der Waals surface area contributed by atoms with Crippen LogP contribution in [-0.2, 0) is 4.79 Å². The van der Waals surface area contributed by atoms with E-state index in [4.69, 9.17) is 34.0 Å². The first kappa shape index (κ1) is 24.2. The minimum absolute atomic E-state index is 0.247. The van der Waals surface area contributed by atoms with Gasteiger partial charge in [0.05, 0.1) is 11.1 Å². The molecular weight excluding hydrogens is 499 g/mol. The fraction of sp³-hybridized carbons (Fsp3) is 0.185. The Hall–Kier alpha value is -3.52. The van der Waals surface area contributed by atoms with E-state index in [0.29, 0.717) is 56.1 Å². The molecule has 0 radical (unpaired) electrons. The molecule has 2 aromatic carbocycles. The zero-order valence-electron chi connectivity index (χ0n) is 19.2. The van der Waals surface area contributed by atoms with Crippen LogP contribution in [0.5, 0.6) is 0 Å². The maximum atomic E-state index is 14.2. The number of carbonyl (C=O) groups excluding carboxylic acids is 1. The number of halogens is 2. The number of hydrogen-bond donors (Lipinski definition) is 3. The molecule has 0 amide bonds. The molecule has 1 aliphatic rings. The molecule has 0 spiro atoms. The third-order valence-corrected chi connectivity index (χ3v) is 7.26. The number of anilines is 1. The lowest BCUT2D eigenvalue weighted by Crippen LogP contribution is -2.25. The SMILES string of the molecule is NC[C@H]1CCN(c2[nH]cc(-c3c(Cl)cccc3Cl)c2C(=O)n2ccc3c(/C=C/C(=O)O)cccc32)C1. The second kappa shape index (κ2) is 9.85. The van der Waals surface area contributed by atoms with Gasteiger partial charge in [0.15, 0.2) is 0 Å². The fourth-order valence-electron chi connectivity index (χ4n) is 4.85. The fourth-order valence-corrected chi connectivity index (χ4v) is 5.46. The van der Waals surface area contributed by atoms with Crippen LogP contribution >= 0.6 is 23.2 Å². The Kier molecular flexibility index (Phi) is 6.62. The van der Waals surface area contributed by atoms with Gasteiger partial charge in [0.2, 0.25) is 0 Å². The number of nitrogens with two attached hydrogens (primary N) is 1. The van der Waals surface area contributed by atoms with E-state index in [1.165, 1.54) is 6.08 Å². The topological polar surface area (TPSA) is 104 Å². The van der Waals surface area contributed by atoms with Gasteiger partial charge in [-0.3, -0.25) is 9.36 Å². The molecular formula is C27H24Cl2N4O3. The van der Waals surface area contributed by atoms with Gasteiger partial charge < -0.3 is 20.7 Å². The van der Waals surface area contributed by atoms with Crippen molar-refractivity contribution in [2.45, 2.75) is 6.42 Å². The first-order valence-corrected chi connectivity index (χ1v) is 12.3. The second-order valence-electron chi connectivity index (χ2n) is 8.80. The number of aromatic amines is 1. The van der Waals surface area contributed by atoms with Crippen LogP contribution in [0.1, 0.15) is 22.3 Å². The van der Waals surface area contributed by atoms with Crippen LogP contribution in [0.2, 0.25) is 10.0 Å². The molecule has 1 saturated heterocycles. The average molecular weight is 523 g/mol. The molecule has 9 heteroatoms.